The summed E-state index contributed by atoms with van der Waals surface area (Å²) in [5.41, 5.74) is 0. The molecule has 1 aromatic heterocycles. The Morgan fingerprint density at radius 3 is 2.93 bits per heavy atom. The van der Waals surface area contributed by atoms with Gasteiger partial charge >= 0.3 is 0 Å². The third kappa shape index (κ3) is 2.04. The van der Waals surface area contributed by atoms with Crippen molar-refractivity contribution in [3.63, 3.8) is 0 Å². The van der Waals surface area contributed by atoms with Gasteiger partial charge in [-0.15, -0.1) is 5.10 Å². The minimum absolute atomic E-state index is 0.0173. The molecule has 1 unspecified atom stereocenters. The second-order valence-electron chi connectivity index (χ2n) is 3.59. The van der Waals surface area contributed by atoms with E-state index >= 15 is 0 Å². The van der Waals surface area contributed by atoms with Crippen LogP contribution in [0.5, 0.6) is 0 Å². The summed E-state index contributed by atoms with van der Waals surface area (Å²) in [6.45, 7) is 0.281. The summed E-state index contributed by atoms with van der Waals surface area (Å²) in [5, 5.41) is 4.00. The number of rotatable bonds is 2. The first-order valence-electron chi connectivity index (χ1n) is 4.51. The molecule has 1 atom stereocenters. The normalized spacial score (nSPS) is 25.5. The van der Waals surface area contributed by atoms with Gasteiger partial charge in [0.05, 0.1) is 6.54 Å². The summed E-state index contributed by atoms with van der Waals surface area (Å²) in [6.07, 6.45) is 2.73. The Balaban J connectivity index is 2.04. The third-order valence-electron chi connectivity index (χ3n) is 2.58. The lowest BCUT2D eigenvalue weighted by atomic mass is 10.1. The zero-order chi connectivity index (χ0) is 10.2. The molecule has 0 radical (unpaired) electrons. The van der Waals surface area contributed by atoms with E-state index in [1.165, 1.54) is 11.0 Å². The van der Waals surface area contributed by atoms with E-state index in [-0.39, 0.29) is 13.0 Å². The summed E-state index contributed by atoms with van der Waals surface area (Å²) in [5.74, 6) is -3.09. The Morgan fingerprint density at radius 2 is 2.43 bits per heavy atom. The van der Waals surface area contributed by atoms with Crippen molar-refractivity contribution in [1.82, 2.24) is 14.8 Å². The van der Waals surface area contributed by atoms with E-state index in [1.807, 2.05) is 22.6 Å². The molecule has 0 aromatic carbocycles. The molecule has 1 saturated carbocycles. The molecular weight excluding hydrogens is 303 g/mol. The van der Waals surface area contributed by atoms with Crippen LogP contribution in [0, 0.1) is 9.75 Å². The molecule has 0 aliphatic heterocycles. The van der Waals surface area contributed by atoms with Crippen molar-refractivity contribution in [2.24, 2.45) is 5.92 Å². The van der Waals surface area contributed by atoms with Gasteiger partial charge in [0.15, 0.2) is 0 Å². The molecule has 0 amide bonds. The highest BCUT2D eigenvalue weighted by atomic mass is 127. The lowest BCUT2D eigenvalue weighted by Gasteiger charge is -2.18. The fraction of sp³-hybridized carbons (Fsp3) is 0.750. The minimum Gasteiger partial charge on any atom is -0.251 e. The van der Waals surface area contributed by atoms with Gasteiger partial charge < -0.3 is 0 Å². The highest BCUT2D eigenvalue weighted by molar-refractivity contribution is 14.1. The van der Waals surface area contributed by atoms with Gasteiger partial charge in [-0.1, -0.05) is 0 Å². The third-order valence-corrected chi connectivity index (χ3v) is 3.07. The van der Waals surface area contributed by atoms with Crippen LogP contribution < -0.4 is 0 Å². The molecule has 0 N–H and O–H groups in total. The molecule has 1 aliphatic rings. The van der Waals surface area contributed by atoms with Gasteiger partial charge in [0, 0.05) is 34.9 Å². The van der Waals surface area contributed by atoms with Gasteiger partial charge in [0.1, 0.15) is 6.33 Å². The first-order valence-corrected chi connectivity index (χ1v) is 5.58. The average molecular weight is 313 g/mol. The minimum atomic E-state index is -2.52. The number of nitrogens with zero attached hydrogens (tertiary/aromatic N) is 3. The lowest BCUT2D eigenvalue weighted by Crippen LogP contribution is -2.26. The van der Waals surface area contributed by atoms with Crippen molar-refractivity contribution in [1.29, 1.82) is 0 Å². The van der Waals surface area contributed by atoms with Gasteiger partial charge in [-0.05, 0) is 12.8 Å². The fourth-order valence-electron chi connectivity index (χ4n) is 1.81. The molecule has 0 spiro atoms. The molecule has 6 heteroatoms. The van der Waals surface area contributed by atoms with Gasteiger partial charge in [0.25, 0.3) is 5.92 Å². The van der Waals surface area contributed by atoms with Crippen LogP contribution in [0.15, 0.2) is 6.33 Å². The van der Waals surface area contributed by atoms with Gasteiger partial charge in [-0.3, -0.25) is 4.68 Å². The molecular formula is C8H10F2IN3. The Kier molecular flexibility index (Phi) is 2.72. The van der Waals surface area contributed by atoms with E-state index in [9.17, 15) is 8.78 Å². The van der Waals surface area contributed by atoms with E-state index in [2.05, 4.69) is 10.1 Å². The SMILES string of the molecule is FC1(F)CCCC1Cn1cnc(I)n1. The molecule has 78 valence electrons. The number of alkyl halides is 2. The molecule has 2 rings (SSSR count). The quantitative estimate of drug-likeness (QED) is 0.785. The predicted molar refractivity (Wildman–Crippen MR) is 55.0 cm³/mol. The first-order chi connectivity index (χ1) is 6.58. The van der Waals surface area contributed by atoms with Gasteiger partial charge in [0.2, 0.25) is 3.83 Å². The Bertz CT molecular complexity index is 326. The molecule has 1 aromatic rings. The molecule has 0 saturated heterocycles. The van der Waals surface area contributed by atoms with Crippen molar-refractivity contribution in [2.45, 2.75) is 31.7 Å². The maximum atomic E-state index is 13.2. The predicted octanol–water partition coefficient (Wildman–Crippen LogP) is 2.32. The van der Waals surface area contributed by atoms with E-state index < -0.39 is 11.8 Å². The summed E-state index contributed by atoms with van der Waals surface area (Å²) in [6, 6.07) is 0. The molecule has 1 heterocycles. The Morgan fingerprint density at radius 1 is 1.64 bits per heavy atom. The maximum absolute atomic E-state index is 13.2. The Labute approximate surface area is 94.0 Å². The summed E-state index contributed by atoms with van der Waals surface area (Å²) >= 11 is 1.97. The second kappa shape index (κ2) is 3.71. The summed E-state index contributed by atoms with van der Waals surface area (Å²) in [4.78, 5) is 3.90. The van der Waals surface area contributed by atoms with Crippen molar-refractivity contribution < 1.29 is 8.78 Å². The van der Waals surface area contributed by atoms with Crippen molar-refractivity contribution in [3.05, 3.63) is 10.2 Å². The zero-order valence-corrected chi connectivity index (χ0v) is 9.62. The number of aromatic nitrogens is 3. The topological polar surface area (TPSA) is 30.7 Å². The largest absolute Gasteiger partial charge is 0.252 e. The number of hydrogen-bond acceptors (Lipinski definition) is 2. The number of hydrogen-bond donors (Lipinski definition) is 0. The van der Waals surface area contributed by atoms with Gasteiger partial charge in [-0.2, -0.15) is 0 Å². The van der Waals surface area contributed by atoms with Gasteiger partial charge in [-0.25, -0.2) is 13.8 Å². The van der Waals surface area contributed by atoms with Crippen molar-refractivity contribution in [3.8, 4) is 0 Å². The van der Waals surface area contributed by atoms with Crippen LogP contribution in [0.1, 0.15) is 19.3 Å². The Hall–Kier alpha value is -0.270. The zero-order valence-electron chi connectivity index (χ0n) is 7.46. The lowest BCUT2D eigenvalue weighted by molar-refractivity contribution is -0.0433. The maximum Gasteiger partial charge on any atom is 0.252 e. The number of halogens is 3. The molecule has 0 bridgehead atoms. The molecule has 1 aliphatic carbocycles. The highest BCUT2D eigenvalue weighted by Gasteiger charge is 2.43. The van der Waals surface area contributed by atoms with Crippen molar-refractivity contribution in [2.75, 3.05) is 0 Å². The summed E-state index contributed by atoms with van der Waals surface area (Å²) in [7, 11) is 0. The van der Waals surface area contributed by atoms with Crippen LogP contribution >= 0.6 is 22.6 Å². The average Bonchev–Trinajstić information content (AvgIpc) is 2.61. The monoisotopic (exact) mass is 313 g/mol. The smallest absolute Gasteiger partial charge is 0.251 e. The van der Waals surface area contributed by atoms with Crippen molar-refractivity contribution >= 4 is 22.6 Å². The molecule has 3 nitrogen and oxygen atoms in total. The highest BCUT2D eigenvalue weighted by Crippen LogP contribution is 2.40. The fourth-order valence-corrected chi connectivity index (χ4v) is 2.21. The van der Waals surface area contributed by atoms with Crippen LogP contribution in [0.4, 0.5) is 8.78 Å². The van der Waals surface area contributed by atoms with Crippen LogP contribution in [0.25, 0.3) is 0 Å². The van der Waals surface area contributed by atoms with E-state index in [0.29, 0.717) is 16.7 Å². The molecule has 14 heavy (non-hydrogen) atoms. The second-order valence-corrected chi connectivity index (χ2v) is 4.55. The van der Waals surface area contributed by atoms with Crippen LogP contribution in [-0.4, -0.2) is 20.7 Å². The van der Waals surface area contributed by atoms with E-state index in [1.54, 1.807) is 0 Å². The van der Waals surface area contributed by atoms with Crippen LogP contribution in [0.2, 0.25) is 0 Å². The standard InChI is InChI=1S/C8H10F2IN3/c9-8(10)3-1-2-6(8)4-14-5-12-7(11)13-14/h5-6H,1-4H2. The summed E-state index contributed by atoms with van der Waals surface area (Å²) < 4.78 is 28.6. The molecule has 1 fully saturated rings. The van der Waals surface area contributed by atoms with Crippen LogP contribution in [0.3, 0.4) is 0 Å². The van der Waals surface area contributed by atoms with E-state index in [0.717, 1.165) is 0 Å². The van der Waals surface area contributed by atoms with Crippen LogP contribution in [-0.2, 0) is 6.54 Å². The van der Waals surface area contributed by atoms with E-state index in [4.69, 9.17) is 0 Å². The first kappa shape index (κ1) is 10.3.